The molecule has 0 radical (unpaired) electrons. The number of hydrogen-bond acceptors (Lipinski definition) is 0. The van der Waals surface area contributed by atoms with E-state index in [2.05, 4.69) is 59.7 Å². The number of hydrogen-bond donors (Lipinski definition) is 0. The molecule has 0 aliphatic carbocycles. The van der Waals surface area contributed by atoms with E-state index in [1.165, 1.54) is 5.56 Å². The summed E-state index contributed by atoms with van der Waals surface area (Å²) < 4.78 is 2.08. The van der Waals surface area contributed by atoms with E-state index in [-0.39, 0.29) is 0 Å². The van der Waals surface area contributed by atoms with E-state index in [1.807, 2.05) is 36.7 Å². The molecule has 1 nitrogen and oxygen atoms in total. The minimum atomic E-state index is 1.03. The number of aromatic nitrogens is 1. The highest BCUT2D eigenvalue weighted by Crippen LogP contribution is 2.13. The van der Waals surface area contributed by atoms with E-state index in [0.717, 1.165) is 16.8 Å². The van der Waals surface area contributed by atoms with Crippen LogP contribution < -0.4 is 0 Å². The van der Waals surface area contributed by atoms with Crippen molar-refractivity contribution in [1.29, 1.82) is 0 Å². The third-order valence-corrected chi connectivity index (χ3v) is 3.18. The second-order valence-corrected chi connectivity index (χ2v) is 4.72. The fraction of sp³-hybridized carbons (Fsp3) is 0.0526. The van der Waals surface area contributed by atoms with Gasteiger partial charge in [-0.05, 0) is 43.3 Å². The van der Waals surface area contributed by atoms with Gasteiger partial charge in [0.2, 0.25) is 0 Å². The van der Waals surface area contributed by atoms with Crippen molar-refractivity contribution in [2.45, 2.75) is 6.92 Å². The summed E-state index contributed by atoms with van der Waals surface area (Å²) in [6.07, 6.45) is 4.07. The standard InChI is InChI=1S/C19H15N/c1-16-8-10-17(11-9-16)12-13-18-6-2-3-7-19(18)20-14-4-5-15-20/h2-11,14-15H,1H3. The highest BCUT2D eigenvalue weighted by atomic mass is 14.9. The molecule has 0 amide bonds. The summed E-state index contributed by atoms with van der Waals surface area (Å²) in [5.41, 5.74) is 4.43. The molecular formula is C19H15N. The van der Waals surface area contributed by atoms with Crippen molar-refractivity contribution in [1.82, 2.24) is 4.57 Å². The number of aryl methyl sites for hydroxylation is 1. The number of nitrogens with zero attached hydrogens (tertiary/aromatic N) is 1. The van der Waals surface area contributed by atoms with Gasteiger partial charge in [-0.2, -0.15) is 0 Å². The molecule has 20 heavy (non-hydrogen) atoms. The molecule has 0 spiro atoms. The Hall–Kier alpha value is -2.72. The molecule has 0 fully saturated rings. The third kappa shape index (κ3) is 2.65. The summed E-state index contributed by atoms with van der Waals surface area (Å²) >= 11 is 0. The molecule has 1 heterocycles. The summed E-state index contributed by atoms with van der Waals surface area (Å²) in [4.78, 5) is 0. The summed E-state index contributed by atoms with van der Waals surface area (Å²) in [5.74, 6) is 6.49. The molecule has 3 rings (SSSR count). The second kappa shape index (κ2) is 5.50. The first-order valence-corrected chi connectivity index (χ1v) is 6.64. The van der Waals surface area contributed by atoms with Gasteiger partial charge in [0.25, 0.3) is 0 Å². The van der Waals surface area contributed by atoms with Gasteiger partial charge in [0.15, 0.2) is 0 Å². The summed E-state index contributed by atoms with van der Waals surface area (Å²) in [6.45, 7) is 2.08. The summed E-state index contributed by atoms with van der Waals surface area (Å²) in [7, 11) is 0. The van der Waals surface area contributed by atoms with Crippen molar-refractivity contribution in [2.75, 3.05) is 0 Å². The van der Waals surface area contributed by atoms with E-state index in [4.69, 9.17) is 0 Å². The lowest BCUT2D eigenvalue weighted by molar-refractivity contribution is 1.07. The molecule has 2 aromatic carbocycles. The number of benzene rings is 2. The minimum Gasteiger partial charge on any atom is -0.323 e. The summed E-state index contributed by atoms with van der Waals surface area (Å²) in [6, 6.07) is 20.5. The monoisotopic (exact) mass is 257 g/mol. The average Bonchev–Trinajstić information content (AvgIpc) is 3.01. The van der Waals surface area contributed by atoms with Crippen molar-refractivity contribution in [3.63, 3.8) is 0 Å². The van der Waals surface area contributed by atoms with Crippen LogP contribution in [0.1, 0.15) is 16.7 Å². The number of para-hydroxylation sites is 1. The topological polar surface area (TPSA) is 4.93 Å². The second-order valence-electron chi connectivity index (χ2n) is 4.72. The Kier molecular flexibility index (Phi) is 3.39. The lowest BCUT2D eigenvalue weighted by Gasteiger charge is -2.05. The van der Waals surface area contributed by atoms with Crippen LogP contribution in [0.5, 0.6) is 0 Å². The summed E-state index contributed by atoms with van der Waals surface area (Å²) in [5, 5.41) is 0. The quantitative estimate of drug-likeness (QED) is 0.576. The van der Waals surface area contributed by atoms with Crippen LogP contribution >= 0.6 is 0 Å². The Balaban J connectivity index is 1.98. The van der Waals surface area contributed by atoms with Crippen molar-refractivity contribution < 1.29 is 0 Å². The van der Waals surface area contributed by atoms with Crippen molar-refractivity contribution in [2.24, 2.45) is 0 Å². The van der Waals surface area contributed by atoms with E-state index in [1.54, 1.807) is 0 Å². The molecule has 1 aromatic heterocycles. The Morgan fingerprint density at radius 1 is 0.750 bits per heavy atom. The molecule has 0 N–H and O–H groups in total. The van der Waals surface area contributed by atoms with E-state index in [0.29, 0.717) is 0 Å². The zero-order valence-electron chi connectivity index (χ0n) is 11.4. The van der Waals surface area contributed by atoms with Crippen LogP contribution in [0, 0.1) is 18.8 Å². The normalized spacial score (nSPS) is 9.85. The molecule has 0 aliphatic heterocycles. The van der Waals surface area contributed by atoms with Crippen LogP contribution in [0.3, 0.4) is 0 Å². The van der Waals surface area contributed by atoms with Crippen LogP contribution in [-0.4, -0.2) is 4.57 Å². The maximum Gasteiger partial charge on any atom is 0.0606 e. The minimum absolute atomic E-state index is 1.03. The Morgan fingerprint density at radius 3 is 2.20 bits per heavy atom. The predicted molar refractivity (Wildman–Crippen MR) is 82.9 cm³/mol. The molecule has 1 heteroatoms. The molecule has 0 atom stereocenters. The van der Waals surface area contributed by atoms with Crippen LogP contribution in [0.25, 0.3) is 5.69 Å². The lowest BCUT2D eigenvalue weighted by Crippen LogP contribution is -1.93. The van der Waals surface area contributed by atoms with Crippen molar-refractivity contribution >= 4 is 0 Å². The van der Waals surface area contributed by atoms with Crippen molar-refractivity contribution in [3.8, 4) is 17.5 Å². The molecule has 3 aromatic rings. The average molecular weight is 257 g/mol. The first-order chi connectivity index (χ1) is 9.83. The van der Waals surface area contributed by atoms with Crippen LogP contribution in [0.4, 0.5) is 0 Å². The molecular weight excluding hydrogens is 242 g/mol. The van der Waals surface area contributed by atoms with E-state index < -0.39 is 0 Å². The highest BCUT2D eigenvalue weighted by molar-refractivity contribution is 5.53. The van der Waals surface area contributed by atoms with Gasteiger partial charge in [0.05, 0.1) is 5.69 Å². The lowest BCUT2D eigenvalue weighted by atomic mass is 10.1. The van der Waals surface area contributed by atoms with Gasteiger partial charge in [0.1, 0.15) is 0 Å². The molecule has 0 bridgehead atoms. The van der Waals surface area contributed by atoms with Gasteiger partial charge < -0.3 is 4.57 Å². The fourth-order valence-electron chi connectivity index (χ4n) is 2.08. The van der Waals surface area contributed by atoms with Gasteiger partial charge in [-0.3, -0.25) is 0 Å². The number of rotatable bonds is 1. The third-order valence-electron chi connectivity index (χ3n) is 3.18. The SMILES string of the molecule is Cc1ccc(C#Cc2ccccc2-n2cccc2)cc1. The highest BCUT2D eigenvalue weighted by Gasteiger charge is 1.99. The fourth-order valence-corrected chi connectivity index (χ4v) is 2.08. The van der Waals surface area contributed by atoms with Crippen LogP contribution in [0.15, 0.2) is 73.1 Å². The van der Waals surface area contributed by atoms with E-state index >= 15 is 0 Å². The largest absolute Gasteiger partial charge is 0.323 e. The van der Waals surface area contributed by atoms with E-state index in [9.17, 15) is 0 Å². The Morgan fingerprint density at radius 2 is 1.45 bits per heavy atom. The van der Waals surface area contributed by atoms with Gasteiger partial charge in [-0.25, -0.2) is 0 Å². The van der Waals surface area contributed by atoms with Crippen LogP contribution in [0.2, 0.25) is 0 Å². The molecule has 0 aliphatic rings. The Labute approximate surface area is 119 Å². The first kappa shape index (κ1) is 12.3. The van der Waals surface area contributed by atoms with Gasteiger partial charge in [-0.1, -0.05) is 41.7 Å². The maximum atomic E-state index is 3.27. The predicted octanol–water partition coefficient (Wildman–Crippen LogP) is 4.19. The zero-order valence-corrected chi connectivity index (χ0v) is 11.4. The smallest absolute Gasteiger partial charge is 0.0606 e. The zero-order chi connectivity index (χ0) is 13.8. The Bertz CT molecular complexity index is 754. The van der Waals surface area contributed by atoms with Gasteiger partial charge in [-0.15, -0.1) is 0 Å². The van der Waals surface area contributed by atoms with Gasteiger partial charge >= 0.3 is 0 Å². The van der Waals surface area contributed by atoms with Crippen LogP contribution in [-0.2, 0) is 0 Å². The molecule has 96 valence electrons. The molecule has 0 unspecified atom stereocenters. The van der Waals surface area contributed by atoms with Gasteiger partial charge in [0, 0.05) is 23.5 Å². The maximum absolute atomic E-state index is 3.27. The first-order valence-electron chi connectivity index (χ1n) is 6.64. The van der Waals surface area contributed by atoms with Crippen molar-refractivity contribution in [3.05, 3.63) is 89.7 Å². The molecule has 0 saturated carbocycles. The molecule has 0 saturated heterocycles.